The second kappa shape index (κ2) is 7.11. The van der Waals surface area contributed by atoms with E-state index in [1.54, 1.807) is 0 Å². The number of benzene rings is 1. The van der Waals surface area contributed by atoms with Crippen LogP contribution < -0.4 is 21.1 Å². The summed E-state index contributed by atoms with van der Waals surface area (Å²) >= 11 is 0. The van der Waals surface area contributed by atoms with E-state index in [4.69, 9.17) is 16.2 Å². The van der Waals surface area contributed by atoms with Gasteiger partial charge in [-0.3, -0.25) is 0 Å². The van der Waals surface area contributed by atoms with E-state index in [1.165, 1.54) is 5.56 Å². The zero-order valence-corrected chi connectivity index (χ0v) is 15.3. The van der Waals surface area contributed by atoms with Gasteiger partial charge in [-0.1, -0.05) is 17.7 Å². The molecule has 0 unspecified atom stereocenters. The first-order valence-electron chi connectivity index (χ1n) is 9.45. The second-order valence-electron chi connectivity index (χ2n) is 7.55. The van der Waals surface area contributed by atoms with Crippen LogP contribution in [0.1, 0.15) is 42.9 Å². The predicted octanol–water partition coefficient (Wildman–Crippen LogP) is 2.62. The molecule has 2 aliphatic rings. The van der Waals surface area contributed by atoms with Crippen molar-refractivity contribution in [3.8, 4) is 5.75 Å². The van der Waals surface area contributed by atoms with Crippen LogP contribution in [0.2, 0.25) is 0 Å². The lowest BCUT2D eigenvalue weighted by molar-refractivity contribution is 0.170. The molecule has 0 radical (unpaired) electrons. The molecule has 2 aromatic rings. The van der Waals surface area contributed by atoms with Gasteiger partial charge in [0.2, 0.25) is 5.95 Å². The highest BCUT2D eigenvalue weighted by Crippen LogP contribution is 2.36. The molecule has 0 atom stereocenters. The van der Waals surface area contributed by atoms with Crippen LogP contribution >= 0.6 is 0 Å². The minimum absolute atomic E-state index is 0.247. The molecule has 2 fully saturated rings. The predicted molar refractivity (Wildman–Crippen MR) is 103 cm³/mol. The Morgan fingerprint density at radius 2 is 1.77 bits per heavy atom. The highest BCUT2D eigenvalue weighted by Gasteiger charge is 2.30. The zero-order chi connectivity index (χ0) is 18.1. The molecule has 1 aromatic heterocycles. The van der Waals surface area contributed by atoms with E-state index in [0.29, 0.717) is 17.9 Å². The first kappa shape index (κ1) is 17.1. The maximum Gasteiger partial charge on any atom is 0.222 e. The van der Waals surface area contributed by atoms with E-state index < -0.39 is 0 Å². The monoisotopic (exact) mass is 353 g/mol. The van der Waals surface area contributed by atoms with Crippen LogP contribution in [0.3, 0.4) is 0 Å². The summed E-state index contributed by atoms with van der Waals surface area (Å²) in [6.07, 6.45) is 4.17. The van der Waals surface area contributed by atoms with Gasteiger partial charge in [0.25, 0.3) is 0 Å². The summed E-state index contributed by atoms with van der Waals surface area (Å²) in [5.74, 6) is 2.66. The number of rotatable bonds is 4. The summed E-state index contributed by atoms with van der Waals surface area (Å²) in [5.41, 5.74) is 14.1. The normalized spacial score (nSPS) is 23.5. The molecular weight excluding hydrogens is 326 g/mol. The van der Waals surface area contributed by atoms with Gasteiger partial charge in [0, 0.05) is 44.0 Å². The highest BCUT2D eigenvalue weighted by molar-refractivity contribution is 5.45. The van der Waals surface area contributed by atoms with Gasteiger partial charge in [-0.05, 0) is 31.9 Å². The Hall–Kier alpha value is -2.34. The maximum absolute atomic E-state index is 6.12. The molecule has 1 saturated carbocycles. The molecule has 6 nitrogen and oxygen atoms in total. The van der Waals surface area contributed by atoms with E-state index in [-0.39, 0.29) is 6.10 Å². The largest absolute Gasteiger partial charge is 0.490 e. The summed E-state index contributed by atoms with van der Waals surface area (Å²) in [7, 11) is 0. The fraction of sp³-hybridized carbons (Fsp3) is 0.500. The number of nitrogens with two attached hydrogens (primary N) is 2. The molecule has 26 heavy (non-hydrogen) atoms. The lowest BCUT2D eigenvalue weighted by atomic mass is 9.78. The molecule has 1 aliphatic heterocycles. The van der Waals surface area contributed by atoms with Crippen LogP contribution in [0.25, 0.3) is 0 Å². The Labute approximate surface area is 154 Å². The van der Waals surface area contributed by atoms with Gasteiger partial charge in [-0.15, -0.1) is 0 Å². The fourth-order valence-electron chi connectivity index (χ4n) is 3.76. The quantitative estimate of drug-likeness (QED) is 0.878. The first-order chi connectivity index (χ1) is 12.6. The van der Waals surface area contributed by atoms with E-state index in [1.807, 2.05) is 12.1 Å². The Morgan fingerprint density at radius 1 is 1.08 bits per heavy atom. The summed E-state index contributed by atoms with van der Waals surface area (Å²) in [4.78, 5) is 11.2. The Balaban J connectivity index is 1.37. The minimum atomic E-state index is 0.247. The third kappa shape index (κ3) is 3.75. The molecule has 0 amide bonds. The van der Waals surface area contributed by atoms with Gasteiger partial charge in [-0.25, -0.2) is 4.98 Å². The van der Waals surface area contributed by atoms with Crippen LogP contribution in [0.5, 0.6) is 5.75 Å². The number of piperidine rings is 1. The smallest absolute Gasteiger partial charge is 0.222 e. The van der Waals surface area contributed by atoms with Crippen molar-refractivity contribution < 1.29 is 4.74 Å². The molecule has 0 bridgehead atoms. The average Bonchev–Trinajstić information content (AvgIpc) is 2.61. The number of ether oxygens (including phenoxy) is 1. The molecule has 4 N–H and O–H groups in total. The molecule has 1 aliphatic carbocycles. The standard InChI is InChI=1S/C20H27N5O/c1-13-2-4-16(5-3-13)26-17-6-8-25(9-7-17)19-12-18(23-20(22)24-19)14-10-15(21)11-14/h2-5,12,14-15,17H,6-11,21H2,1H3,(H2,22,23,24). The van der Waals surface area contributed by atoms with E-state index in [2.05, 4.69) is 40.0 Å². The first-order valence-corrected chi connectivity index (χ1v) is 9.45. The van der Waals surface area contributed by atoms with Crippen molar-refractivity contribution in [3.63, 3.8) is 0 Å². The van der Waals surface area contributed by atoms with Crippen LogP contribution in [-0.2, 0) is 0 Å². The van der Waals surface area contributed by atoms with Crippen LogP contribution in [-0.4, -0.2) is 35.2 Å². The van der Waals surface area contributed by atoms with Crippen molar-refractivity contribution >= 4 is 11.8 Å². The van der Waals surface area contributed by atoms with E-state index in [0.717, 1.165) is 56.0 Å². The lowest BCUT2D eigenvalue weighted by Gasteiger charge is -2.35. The number of anilines is 2. The number of hydrogen-bond acceptors (Lipinski definition) is 6. The summed E-state index contributed by atoms with van der Waals surface area (Å²) in [6.45, 7) is 3.91. The van der Waals surface area contributed by atoms with Crippen LogP contribution in [0.15, 0.2) is 30.3 Å². The third-order valence-electron chi connectivity index (χ3n) is 5.43. The van der Waals surface area contributed by atoms with Gasteiger partial charge >= 0.3 is 0 Å². The fourth-order valence-corrected chi connectivity index (χ4v) is 3.76. The second-order valence-corrected chi connectivity index (χ2v) is 7.55. The van der Waals surface area contributed by atoms with Crippen LogP contribution in [0.4, 0.5) is 11.8 Å². The maximum atomic E-state index is 6.12. The van der Waals surface area contributed by atoms with Crippen molar-refractivity contribution in [1.82, 2.24) is 9.97 Å². The minimum Gasteiger partial charge on any atom is -0.490 e. The Morgan fingerprint density at radius 3 is 2.42 bits per heavy atom. The summed E-state index contributed by atoms with van der Waals surface area (Å²) in [5, 5.41) is 0. The lowest BCUT2D eigenvalue weighted by Crippen LogP contribution is -2.39. The molecule has 4 rings (SSSR count). The SMILES string of the molecule is Cc1ccc(OC2CCN(c3cc(C4CC(N)C4)nc(N)n3)CC2)cc1. The number of hydrogen-bond donors (Lipinski definition) is 2. The molecule has 1 saturated heterocycles. The van der Waals surface area contributed by atoms with Gasteiger partial charge in [0.05, 0.1) is 5.69 Å². The average molecular weight is 353 g/mol. The Kier molecular flexibility index (Phi) is 4.68. The molecule has 138 valence electrons. The molecular formula is C20H27N5O. The zero-order valence-electron chi connectivity index (χ0n) is 15.3. The van der Waals surface area contributed by atoms with Crippen molar-refractivity contribution in [2.75, 3.05) is 23.7 Å². The van der Waals surface area contributed by atoms with Gasteiger partial charge in [0.15, 0.2) is 0 Å². The Bertz CT molecular complexity index is 749. The van der Waals surface area contributed by atoms with Gasteiger partial charge in [0.1, 0.15) is 17.7 Å². The molecule has 0 spiro atoms. The molecule has 6 heteroatoms. The molecule has 2 heterocycles. The van der Waals surface area contributed by atoms with Crippen molar-refractivity contribution in [2.24, 2.45) is 5.73 Å². The summed E-state index contributed by atoms with van der Waals surface area (Å²) < 4.78 is 6.12. The van der Waals surface area contributed by atoms with Crippen molar-refractivity contribution in [1.29, 1.82) is 0 Å². The van der Waals surface area contributed by atoms with Crippen molar-refractivity contribution in [3.05, 3.63) is 41.6 Å². The summed E-state index contributed by atoms with van der Waals surface area (Å²) in [6, 6.07) is 10.7. The highest BCUT2D eigenvalue weighted by atomic mass is 16.5. The van der Waals surface area contributed by atoms with Gasteiger partial charge in [-0.2, -0.15) is 4.98 Å². The van der Waals surface area contributed by atoms with Crippen LogP contribution in [0, 0.1) is 6.92 Å². The number of aromatic nitrogens is 2. The number of nitrogen functional groups attached to an aromatic ring is 1. The van der Waals surface area contributed by atoms with E-state index in [9.17, 15) is 0 Å². The third-order valence-corrected chi connectivity index (χ3v) is 5.43. The number of nitrogens with zero attached hydrogens (tertiary/aromatic N) is 3. The van der Waals surface area contributed by atoms with Gasteiger partial charge < -0.3 is 21.1 Å². The van der Waals surface area contributed by atoms with E-state index >= 15 is 0 Å². The number of aryl methyl sites for hydroxylation is 1. The molecule has 1 aromatic carbocycles. The van der Waals surface area contributed by atoms with Crippen molar-refractivity contribution in [2.45, 2.75) is 50.7 Å². The topological polar surface area (TPSA) is 90.3 Å².